The van der Waals surface area contributed by atoms with Crippen LogP contribution in [0.5, 0.6) is 5.75 Å². The zero-order valence-corrected chi connectivity index (χ0v) is 22.9. The summed E-state index contributed by atoms with van der Waals surface area (Å²) in [4.78, 5) is 19.3. The van der Waals surface area contributed by atoms with E-state index in [9.17, 15) is 9.90 Å². The number of piperidine rings is 1. The Morgan fingerprint density at radius 1 is 1.21 bits per heavy atom. The third-order valence-corrected chi connectivity index (χ3v) is 8.93. The van der Waals surface area contributed by atoms with E-state index >= 15 is 0 Å². The van der Waals surface area contributed by atoms with E-state index in [0.717, 1.165) is 53.5 Å². The lowest BCUT2D eigenvalue weighted by atomic mass is 9.93. The molecule has 0 bridgehead atoms. The highest BCUT2D eigenvalue weighted by molar-refractivity contribution is 5.82. The number of aromatic nitrogens is 1. The molecular weight excluding hydrogens is 490 g/mol. The molecule has 2 fully saturated rings. The summed E-state index contributed by atoms with van der Waals surface area (Å²) in [7, 11) is 1.63. The van der Waals surface area contributed by atoms with Gasteiger partial charge in [-0.2, -0.15) is 0 Å². The lowest BCUT2D eigenvalue weighted by molar-refractivity contribution is -0.144. The van der Waals surface area contributed by atoms with E-state index in [4.69, 9.17) is 14.5 Å². The molecule has 2 N–H and O–H groups in total. The summed E-state index contributed by atoms with van der Waals surface area (Å²) in [5.41, 5.74) is 6.07. The molecule has 2 aliphatic heterocycles. The minimum absolute atomic E-state index is 0.137. The van der Waals surface area contributed by atoms with Gasteiger partial charge in [0.1, 0.15) is 18.2 Å². The standard InChI is InChI=1S/C32H37N3O4/c1-20-6-4-7-25(30(20)39-18-22-10-11-23-12-13-33-16-21(2)26(23)14-22)27-8-5-9-29(34-27)35-17-24-15-32(24,31(36)37)28(35)19-38-3/h4-11,14,21,24,28,33H,12-13,15-19H2,1-3H3,(H,36,37)/t21-,24?,28+,32+/m0/s1. The molecule has 1 aliphatic carbocycles. The number of carboxylic acids is 1. The Bertz CT molecular complexity index is 1390. The number of aliphatic carboxylic acids is 1. The van der Waals surface area contributed by atoms with Crippen LogP contribution in [0, 0.1) is 18.3 Å². The van der Waals surface area contributed by atoms with Gasteiger partial charge < -0.3 is 24.8 Å². The molecular formula is C32H37N3O4. The van der Waals surface area contributed by atoms with Crippen LogP contribution in [0.4, 0.5) is 5.82 Å². The van der Waals surface area contributed by atoms with E-state index in [1.54, 1.807) is 7.11 Å². The number of para-hydroxylation sites is 1. The maximum atomic E-state index is 12.2. The number of aryl methyl sites for hydroxylation is 1. The van der Waals surface area contributed by atoms with Crippen LogP contribution >= 0.6 is 0 Å². The summed E-state index contributed by atoms with van der Waals surface area (Å²) in [6, 6.07) is 18.6. The number of carbonyl (C=O) groups is 1. The lowest BCUT2D eigenvalue weighted by Crippen LogP contribution is -2.43. The maximum Gasteiger partial charge on any atom is 0.312 e. The highest BCUT2D eigenvalue weighted by atomic mass is 16.5. The fourth-order valence-electron chi connectivity index (χ4n) is 6.69. The molecule has 204 valence electrons. The number of methoxy groups -OCH3 is 1. The van der Waals surface area contributed by atoms with Crippen molar-refractivity contribution in [1.82, 2.24) is 10.3 Å². The first-order valence-corrected chi connectivity index (χ1v) is 13.9. The van der Waals surface area contributed by atoms with Crippen molar-refractivity contribution in [3.05, 3.63) is 76.9 Å². The number of carboxylic acid groups (broad SMARTS) is 1. The number of hydrogen-bond donors (Lipinski definition) is 2. The van der Waals surface area contributed by atoms with Crippen LogP contribution in [-0.2, 0) is 22.6 Å². The van der Waals surface area contributed by atoms with Crippen molar-refractivity contribution in [2.45, 2.75) is 45.3 Å². The number of ether oxygens (including phenoxy) is 2. The van der Waals surface area contributed by atoms with E-state index in [1.807, 2.05) is 30.3 Å². The van der Waals surface area contributed by atoms with E-state index in [0.29, 0.717) is 32.1 Å². The van der Waals surface area contributed by atoms with Crippen LogP contribution in [0.15, 0.2) is 54.6 Å². The topological polar surface area (TPSA) is 83.9 Å². The number of hydrogen-bond acceptors (Lipinski definition) is 6. The molecule has 0 spiro atoms. The van der Waals surface area contributed by atoms with Crippen molar-refractivity contribution < 1.29 is 19.4 Å². The molecule has 1 aromatic heterocycles. The fourth-order valence-corrected chi connectivity index (χ4v) is 6.69. The summed E-state index contributed by atoms with van der Waals surface area (Å²) in [5, 5.41) is 13.5. The zero-order valence-electron chi connectivity index (χ0n) is 22.9. The van der Waals surface area contributed by atoms with Crippen molar-refractivity contribution >= 4 is 11.8 Å². The molecule has 3 aliphatic rings. The first-order chi connectivity index (χ1) is 18.9. The minimum atomic E-state index is -0.731. The Kier molecular flexibility index (Phi) is 6.81. The normalized spacial score (nSPS) is 25.5. The zero-order chi connectivity index (χ0) is 27.1. The summed E-state index contributed by atoms with van der Waals surface area (Å²) in [5.74, 6) is 1.49. The minimum Gasteiger partial charge on any atom is -0.488 e. The number of pyridine rings is 1. The number of benzene rings is 2. The second-order valence-electron chi connectivity index (χ2n) is 11.4. The molecule has 6 rings (SSSR count). The van der Waals surface area contributed by atoms with Gasteiger partial charge in [-0.1, -0.05) is 43.3 Å². The second kappa shape index (κ2) is 10.3. The summed E-state index contributed by atoms with van der Waals surface area (Å²) >= 11 is 0. The highest BCUT2D eigenvalue weighted by Crippen LogP contribution is 2.62. The van der Waals surface area contributed by atoms with Gasteiger partial charge in [0.2, 0.25) is 0 Å². The van der Waals surface area contributed by atoms with Crippen molar-refractivity contribution in [2.75, 3.05) is 38.3 Å². The van der Waals surface area contributed by atoms with E-state index in [2.05, 4.69) is 48.3 Å². The van der Waals surface area contributed by atoms with Gasteiger partial charge >= 0.3 is 5.97 Å². The molecule has 39 heavy (non-hydrogen) atoms. The summed E-state index contributed by atoms with van der Waals surface area (Å²) in [6.45, 7) is 7.89. The summed E-state index contributed by atoms with van der Waals surface area (Å²) < 4.78 is 12.0. The molecule has 7 nitrogen and oxygen atoms in total. The molecule has 0 amide bonds. The number of nitrogens with zero attached hydrogens (tertiary/aromatic N) is 2. The van der Waals surface area contributed by atoms with Gasteiger partial charge in [-0.05, 0) is 78.6 Å². The van der Waals surface area contributed by atoms with E-state index in [1.165, 1.54) is 11.1 Å². The van der Waals surface area contributed by atoms with Gasteiger partial charge in [-0.25, -0.2) is 4.98 Å². The van der Waals surface area contributed by atoms with Gasteiger partial charge in [-0.3, -0.25) is 4.79 Å². The lowest BCUT2D eigenvalue weighted by Gasteiger charge is -2.31. The first-order valence-electron chi connectivity index (χ1n) is 13.9. The Balaban J connectivity index is 1.27. The monoisotopic (exact) mass is 527 g/mol. The van der Waals surface area contributed by atoms with Crippen LogP contribution in [0.1, 0.15) is 41.5 Å². The van der Waals surface area contributed by atoms with Crippen LogP contribution in [0.3, 0.4) is 0 Å². The van der Waals surface area contributed by atoms with Gasteiger partial charge in [0, 0.05) is 25.8 Å². The fraction of sp³-hybridized carbons (Fsp3) is 0.438. The number of anilines is 1. The maximum absolute atomic E-state index is 12.2. The molecule has 4 atom stereocenters. The molecule has 3 aromatic rings. The quantitative estimate of drug-likeness (QED) is 0.435. The number of rotatable bonds is 8. The second-order valence-corrected chi connectivity index (χ2v) is 11.4. The van der Waals surface area contributed by atoms with Gasteiger partial charge in [-0.15, -0.1) is 0 Å². The third-order valence-electron chi connectivity index (χ3n) is 8.93. The third kappa shape index (κ3) is 4.57. The van der Waals surface area contributed by atoms with Crippen molar-refractivity contribution in [3.8, 4) is 17.0 Å². The molecule has 2 aromatic carbocycles. The molecule has 1 unspecified atom stereocenters. The Hall–Kier alpha value is -3.42. The van der Waals surface area contributed by atoms with Crippen molar-refractivity contribution in [2.24, 2.45) is 11.3 Å². The van der Waals surface area contributed by atoms with Crippen LogP contribution in [0.2, 0.25) is 0 Å². The van der Waals surface area contributed by atoms with Gasteiger partial charge in [0.25, 0.3) is 0 Å². The molecule has 7 heteroatoms. The SMILES string of the molecule is COC[C@H]1N(c2cccc(-c3cccc(C)c3OCc3ccc4c(c3)[C@@H](C)CNCC4)n2)CC2C[C@@]21C(=O)O. The Labute approximate surface area is 230 Å². The van der Waals surface area contributed by atoms with Crippen molar-refractivity contribution in [1.29, 1.82) is 0 Å². The first kappa shape index (κ1) is 25.8. The smallest absolute Gasteiger partial charge is 0.312 e. The average Bonchev–Trinajstić information content (AvgIpc) is 3.63. The number of fused-ring (bicyclic) bond motifs is 2. The molecule has 0 radical (unpaired) electrons. The average molecular weight is 528 g/mol. The van der Waals surface area contributed by atoms with Crippen molar-refractivity contribution in [3.63, 3.8) is 0 Å². The Morgan fingerprint density at radius 3 is 2.87 bits per heavy atom. The van der Waals surface area contributed by atoms with Gasteiger partial charge in [0.15, 0.2) is 0 Å². The summed E-state index contributed by atoms with van der Waals surface area (Å²) in [6.07, 6.45) is 1.77. The van der Waals surface area contributed by atoms with E-state index < -0.39 is 11.4 Å². The predicted molar refractivity (Wildman–Crippen MR) is 151 cm³/mol. The van der Waals surface area contributed by atoms with E-state index in [-0.39, 0.29) is 12.0 Å². The van der Waals surface area contributed by atoms with Crippen LogP contribution < -0.4 is 15.0 Å². The van der Waals surface area contributed by atoms with Gasteiger partial charge in [0.05, 0.1) is 23.8 Å². The highest BCUT2D eigenvalue weighted by Gasteiger charge is 2.71. The molecule has 1 saturated carbocycles. The Morgan fingerprint density at radius 2 is 2.05 bits per heavy atom. The molecule has 3 heterocycles. The van der Waals surface area contributed by atoms with Crippen LogP contribution in [-0.4, -0.2) is 55.5 Å². The predicted octanol–water partition coefficient (Wildman–Crippen LogP) is 4.81. The number of nitrogens with one attached hydrogen (secondary N) is 1. The largest absolute Gasteiger partial charge is 0.488 e. The molecule has 1 saturated heterocycles. The van der Waals surface area contributed by atoms with Crippen LogP contribution in [0.25, 0.3) is 11.3 Å².